The summed E-state index contributed by atoms with van der Waals surface area (Å²) in [4.78, 5) is 13.4. The minimum atomic E-state index is -0.359. The lowest BCUT2D eigenvalue weighted by atomic mass is 9.55. The summed E-state index contributed by atoms with van der Waals surface area (Å²) in [5.41, 5.74) is 2.61. The lowest BCUT2D eigenvalue weighted by Gasteiger charge is -2.49. The fraction of sp³-hybridized carbons (Fsp3) is 0.423. The number of aliphatic hydroxyl groups is 1. The van der Waals surface area contributed by atoms with Gasteiger partial charge in [0.2, 0.25) is 0 Å². The third kappa shape index (κ3) is 3.89. The van der Waals surface area contributed by atoms with Gasteiger partial charge in [0.05, 0.1) is 6.10 Å². The van der Waals surface area contributed by atoms with Gasteiger partial charge in [0, 0.05) is 11.0 Å². The number of allylic oxidation sites excluding steroid dienone is 1. The average Bonchev–Trinajstić information content (AvgIpc) is 2.74. The van der Waals surface area contributed by atoms with Crippen molar-refractivity contribution in [1.29, 1.82) is 0 Å². The molecule has 0 aliphatic heterocycles. The van der Waals surface area contributed by atoms with E-state index in [4.69, 9.17) is 4.74 Å². The molecule has 3 heteroatoms. The summed E-state index contributed by atoms with van der Waals surface area (Å²) in [6.45, 7) is 4.71. The second-order valence-corrected chi connectivity index (χ2v) is 8.84. The van der Waals surface area contributed by atoms with Crippen LogP contribution in [0.15, 0.2) is 60.2 Å². The molecule has 152 valence electrons. The van der Waals surface area contributed by atoms with Gasteiger partial charge in [0.1, 0.15) is 12.4 Å². The molecule has 0 amide bonds. The largest absolute Gasteiger partial charge is 0.488 e. The van der Waals surface area contributed by atoms with Gasteiger partial charge in [-0.2, -0.15) is 0 Å². The normalized spacial score (nSPS) is 30.8. The van der Waals surface area contributed by atoms with Gasteiger partial charge in [0.25, 0.3) is 0 Å². The molecule has 29 heavy (non-hydrogen) atoms. The molecular formula is C26H30O3. The van der Waals surface area contributed by atoms with Gasteiger partial charge in [-0.25, -0.2) is 0 Å². The predicted octanol–water partition coefficient (Wildman–Crippen LogP) is 5.43. The number of hydrogen-bond acceptors (Lipinski definition) is 3. The number of para-hydroxylation sites is 1. The molecule has 2 unspecified atom stereocenters. The Morgan fingerprint density at radius 2 is 1.83 bits per heavy atom. The van der Waals surface area contributed by atoms with E-state index in [-0.39, 0.29) is 29.1 Å². The molecule has 0 aromatic heterocycles. The third-order valence-corrected chi connectivity index (χ3v) is 7.04. The highest BCUT2D eigenvalue weighted by atomic mass is 16.5. The quantitative estimate of drug-likeness (QED) is 0.709. The van der Waals surface area contributed by atoms with Gasteiger partial charge < -0.3 is 9.84 Å². The number of hydrogen-bond donors (Lipinski definition) is 1. The van der Waals surface area contributed by atoms with E-state index >= 15 is 0 Å². The van der Waals surface area contributed by atoms with Crippen LogP contribution in [0, 0.1) is 17.3 Å². The molecule has 0 bridgehead atoms. The summed E-state index contributed by atoms with van der Waals surface area (Å²) in [5, 5.41) is 10.3. The first kappa shape index (κ1) is 19.9. The lowest BCUT2D eigenvalue weighted by Crippen LogP contribution is -2.50. The summed E-state index contributed by atoms with van der Waals surface area (Å²) < 4.78 is 6.07. The maximum absolute atomic E-state index is 13.4. The standard InChI is InChI=1S/C26H30O3/c1-18-22-13-12-21(25(28)26(22,2)15-14-23(18)27)16-20-10-6-7-11-24(20)29-17-19-8-4-3-5-9-19/h3-11,16,18,22-23,27H,12-15,17H2,1-2H3/b21-16+/t18-,22?,23?,26-/m0/s1. The van der Waals surface area contributed by atoms with E-state index in [9.17, 15) is 9.90 Å². The molecule has 0 spiro atoms. The molecule has 0 heterocycles. The molecule has 2 aromatic rings. The zero-order valence-corrected chi connectivity index (χ0v) is 17.3. The molecule has 2 fully saturated rings. The average molecular weight is 391 g/mol. The van der Waals surface area contributed by atoms with Crippen molar-refractivity contribution in [3.8, 4) is 5.75 Å². The zero-order chi connectivity index (χ0) is 20.4. The second-order valence-electron chi connectivity index (χ2n) is 8.84. The van der Waals surface area contributed by atoms with Crippen LogP contribution in [-0.4, -0.2) is 17.0 Å². The number of carbonyl (C=O) groups excluding carboxylic acids is 1. The molecule has 2 aliphatic rings. The number of Topliss-reactive ketones (excluding diaryl/α,β-unsaturated/α-hetero) is 1. The zero-order valence-electron chi connectivity index (χ0n) is 17.3. The van der Waals surface area contributed by atoms with Crippen molar-refractivity contribution in [2.45, 2.75) is 52.2 Å². The SMILES string of the molecule is C[C@@H]1C(O)CC[C@]2(C)C(=O)/C(=C/c3ccccc3OCc3ccccc3)CCC12. The van der Waals surface area contributed by atoms with Crippen LogP contribution < -0.4 is 4.74 Å². The van der Waals surface area contributed by atoms with Crippen molar-refractivity contribution in [2.75, 3.05) is 0 Å². The minimum Gasteiger partial charge on any atom is -0.488 e. The number of rotatable bonds is 4. The molecule has 2 aliphatic carbocycles. The summed E-state index contributed by atoms with van der Waals surface area (Å²) in [6.07, 6.45) is 4.95. The Balaban J connectivity index is 1.56. The van der Waals surface area contributed by atoms with E-state index in [1.54, 1.807) is 0 Å². The Bertz CT molecular complexity index is 901. The van der Waals surface area contributed by atoms with E-state index in [1.807, 2.05) is 60.7 Å². The van der Waals surface area contributed by atoms with Crippen molar-refractivity contribution >= 4 is 11.9 Å². The molecule has 1 N–H and O–H groups in total. The molecule has 3 nitrogen and oxygen atoms in total. The van der Waals surface area contributed by atoms with E-state index in [0.717, 1.165) is 41.7 Å². The van der Waals surface area contributed by atoms with E-state index in [2.05, 4.69) is 13.8 Å². The molecular weight excluding hydrogens is 360 g/mol. The molecule has 2 aromatic carbocycles. The lowest BCUT2D eigenvalue weighted by molar-refractivity contribution is -0.137. The van der Waals surface area contributed by atoms with Crippen LogP contribution in [0.2, 0.25) is 0 Å². The van der Waals surface area contributed by atoms with Gasteiger partial charge in [-0.3, -0.25) is 4.79 Å². The monoisotopic (exact) mass is 390 g/mol. The number of aliphatic hydroxyl groups excluding tert-OH is 1. The van der Waals surface area contributed by atoms with Crippen molar-refractivity contribution < 1.29 is 14.6 Å². The second kappa shape index (κ2) is 8.16. The number of fused-ring (bicyclic) bond motifs is 1. The van der Waals surface area contributed by atoms with E-state index < -0.39 is 0 Å². The van der Waals surface area contributed by atoms with Crippen molar-refractivity contribution in [1.82, 2.24) is 0 Å². The smallest absolute Gasteiger partial charge is 0.165 e. The van der Waals surface area contributed by atoms with Crippen LogP contribution in [-0.2, 0) is 11.4 Å². The molecule has 0 saturated heterocycles. The Morgan fingerprint density at radius 3 is 2.62 bits per heavy atom. The summed E-state index contributed by atoms with van der Waals surface area (Å²) in [6, 6.07) is 18.0. The van der Waals surface area contributed by atoms with Crippen molar-refractivity contribution in [2.24, 2.45) is 17.3 Å². The van der Waals surface area contributed by atoms with Crippen LogP contribution in [0.5, 0.6) is 5.75 Å². The highest BCUT2D eigenvalue weighted by Crippen LogP contribution is 2.52. The molecule has 0 radical (unpaired) electrons. The highest BCUT2D eigenvalue weighted by Gasteiger charge is 2.51. The summed E-state index contributed by atoms with van der Waals surface area (Å²) >= 11 is 0. The summed E-state index contributed by atoms with van der Waals surface area (Å²) in [7, 11) is 0. The Morgan fingerprint density at radius 1 is 1.10 bits per heavy atom. The van der Waals surface area contributed by atoms with E-state index in [1.165, 1.54) is 0 Å². The van der Waals surface area contributed by atoms with E-state index in [0.29, 0.717) is 13.0 Å². The van der Waals surface area contributed by atoms with Crippen molar-refractivity contribution in [3.05, 3.63) is 71.3 Å². The van der Waals surface area contributed by atoms with Crippen LogP contribution in [0.4, 0.5) is 0 Å². The number of benzene rings is 2. The Labute approximate surface area is 173 Å². The molecule has 4 rings (SSSR count). The Kier molecular flexibility index (Phi) is 5.60. The molecule has 4 atom stereocenters. The minimum absolute atomic E-state index is 0.181. The summed E-state index contributed by atoms with van der Waals surface area (Å²) in [5.74, 6) is 1.50. The fourth-order valence-corrected chi connectivity index (χ4v) is 5.19. The fourth-order valence-electron chi connectivity index (χ4n) is 5.19. The predicted molar refractivity (Wildman–Crippen MR) is 115 cm³/mol. The first-order chi connectivity index (χ1) is 14.0. The van der Waals surface area contributed by atoms with Gasteiger partial charge in [-0.05, 0) is 60.8 Å². The van der Waals surface area contributed by atoms with Crippen LogP contribution in [0.3, 0.4) is 0 Å². The van der Waals surface area contributed by atoms with Gasteiger partial charge in [-0.15, -0.1) is 0 Å². The van der Waals surface area contributed by atoms with Crippen molar-refractivity contribution in [3.63, 3.8) is 0 Å². The number of ketones is 1. The number of carbonyl (C=O) groups is 1. The topological polar surface area (TPSA) is 46.5 Å². The Hall–Kier alpha value is -2.39. The van der Waals surface area contributed by atoms with Gasteiger partial charge in [-0.1, -0.05) is 62.4 Å². The maximum atomic E-state index is 13.4. The third-order valence-electron chi connectivity index (χ3n) is 7.04. The maximum Gasteiger partial charge on any atom is 0.165 e. The highest BCUT2D eigenvalue weighted by molar-refractivity contribution is 6.04. The first-order valence-corrected chi connectivity index (χ1v) is 10.7. The van der Waals surface area contributed by atoms with Crippen LogP contribution in [0.25, 0.3) is 6.08 Å². The van der Waals surface area contributed by atoms with Crippen LogP contribution in [0.1, 0.15) is 50.7 Å². The number of ether oxygens (including phenoxy) is 1. The molecule has 2 saturated carbocycles. The van der Waals surface area contributed by atoms with Gasteiger partial charge >= 0.3 is 0 Å². The first-order valence-electron chi connectivity index (χ1n) is 10.7. The van der Waals surface area contributed by atoms with Crippen LogP contribution >= 0.6 is 0 Å². The van der Waals surface area contributed by atoms with Gasteiger partial charge in [0.15, 0.2) is 5.78 Å².